The fourth-order valence-corrected chi connectivity index (χ4v) is 2.97. The van der Waals surface area contributed by atoms with Gasteiger partial charge in [-0.05, 0) is 45.2 Å². The highest BCUT2D eigenvalue weighted by molar-refractivity contribution is 5.95. The van der Waals surface area contributed by atoms with Gasteiger partial charge in [-0.25, -0.2) is 9.97 Å². The molecule has 1 aliphatic rings. The molecule has 0 radical (unpaired) electrons. The Balaban J connectivity index is 0.00000242. The molecule has 2 heterocycles. The number of aryl methyl sites for hydroxylation is 1. The Labute approximate surface area is 139 Å². The van der Waals surface area contributed by atoms with E-state index >= 15 is 0 Å². The van der Waals surface area contributed by atoms with Crippen LogP contribution in [0.25, 0.3) is 0 Å². The third-order valence-corrected chi connectivity index (χ3v) is 4.01. The van der Waals surface area contributed by atoms with Gasteiger partial charge in [0.15, 0.2) is 0 Å². The lowest BCUT2D eigenvalue weighted by molar-refractivity contribution is 0.0671. The van der Waals surface area contributed by atoms with Crippen LogP contribution in [0.1, 0.15) is 54.5 Å². The van der Waals surface area contributed by atoms with E-state index in [9.17, 15) is 4.79 Å². The summed E-state index contributed by atoms with van der Waals surface area (Å²) in [7, 11) is 1.96. The van der Waals surface area contributed by atoms with Gasteiger partial charge in [0.05, 0.1) is 11.3 Å². The lowest BCUT2D eigenvalue weighted by Gasteiger charge is -2.33. The van der Waals surface area contributed by atoms with E-state index in [0.717, 1.165) is 37.6 Å². The molecule has 1 saturated heterocycles. The number of carbonyl (C=O) groups excluding carboxylic acids is 1. The topological polar surface area (TPSA) is 58.1 Å². The van der Waals surface area contributed by atoms with Crippen molar-refractivity contribution in [3.05, 3.63) is 23.3 Å². The average molecular weight is 327 g/mol. The summed E-state index contributed by atoms with van der Waals surface area (Å²) in [5.74, 6) is 1.58. The smallest absolute Gasteiger partial charge is 0.257 e. The monoisotopic (exact) mass is 326 g/mol. The van der Waals surface area contributed by atoms with Gasteiger partial charge in [0, 0.05) is 19.3 Å². The second-order valence-electron chi connectivity index (χ2n) is 6.19. The zero-order valence-electron chi connectivity index (χ0n) is 13.9. The Morgan fingerprint density at radius 3 is 2.86 bits per heavy atom. The first-order valence-corrected chi connectivity index (χ1v) is 7.80. The van der Waals surface area contributed by atoms with Gasteiger partial charge in [-0.15, -0.1) is 12.4 Å². The van der Waals surface area contributed by atoms with Crippen molar-refractivity contribution < 1.29 is 4.79 Å². The van der Waals surface area contributed by atoms with Gasteiger partial charge in [-0.3, -0.25) is 4.79 Å². The normalized spacial score (nSPS) is 18.2. The molecule has 1 aromatic rings. The van der Waals surface area contributed by atoms with E-state index in [-0.39, 0.29) is 24.2 Å². The third kappa shape index (κ3) is 4.40. The Hall–Kier alpha value is -1.20. The molecule has 0 spiro atoms. The van der Waals surface area contributed by atoms with Crippen LogP contribution in [0.2, 0.25) is 0 Å². The van der Waals surface area contributed by atoms with Crippen molar-refractivity contribution in [2.45, 2.75) is 39.5 Å². The minimum absolute atomic E-state index is 0. The molecule has 2 rings (SSSR count). The number of nitrogens with one attached hydrogen (secondary N) is 1. The van der Waals surface area contributed by atoms with Gasteiger partial charge < -0.3 is 10.2 Å². The molecule has 1 aliphatic heterocycles. The first kappa shape index (κ1) is 18.8. The van der Waals surface area contributed by atoms with Crippen molar-refractivity contribution >= 4 is 18.3 Å². The Kier molecular flexibility index (Phi) is 7.23. The molecular weight excluding hydrogens is 300 g/mol. The zero-order chi connectivity index (χ0) is 15.4. The highest BCUT2D eigenvalue weighted by Gasteiger charge is 2.26. The van der Waals surface area contributed by atoms with Crippen LogP contribution < -0.4 is 5.32 Å². The number of carbonyl (C=O) groups is 1. The number of hydrogen-bond donors (Lipinski definition) is 1. The van der Waals surface area contributed by atoms with Crippen LogP contribution in [0.15, 0.2) is 6.20 Å². The van der Waals surface area contributed by atoms with Crippen LogP contribution >= 0.6 is 12.4 Å². The molecule has 5 nitrogen and oxygen atoms in total. The first-order chi connectivity index (χ1) is 10.0. The van der Waals surface area contributed by atoms with Crippen molar-refractivity contribution in [1.82, 2.24) is 20.2 Å². The molecule has 22 heavy (non-hydrogen) atoms. The number of hydrogen-bond acceptors (Lipinski definition) is 4. The van der Waals surface area contributed by atoms with Gasteiger partial charge in [0.2, 0.25) is 0 Å². The number of aromatic nitrogens is 2. The fourth-order valence-electron chi connectivity index (χ4n) is 2.97. The van der Waals surface area contributed by atoms with Crippen LogP contribution in [-0.4, -0.2) is 47.5 Å². The lowest BCUT2D eigenvalue weighted by Crippen LogP contribution is -2.43. The standard InChI is InChI=1S/C16H26N4O.ClH/c1-11(2)15-14(9-18-12(3)19-15)16(21)20-7-5-6-13(10-20)8-17-4;/h9,11,13,17H,5-8,10H2,1-4H3;1H. The Morgan fingerprint density at radius 2 is 2.23 bits per heavy atom. The van der Waals surface area contributed by atoms with Gasteiger partial charge in [0.25, 0.3) is 5.91 Å². The van der Waals surface area contributed by atoms with Crippen LogP contribution in [0.3, 0.4) is 0 Å². The molecule has 0 saturated carbocycles. The summed E-state index contributed by atoms with van der Waals surface area (Å²) in [6, 6.07) is 0. The molecule has 1 amide bonds. The number of halogens is 1. The Morgan fingerprint density at radius 1 is 1.50 bits per heavy atom. The zero-order valence-corrected chi connectivity index (χ0v) is 14.7. The predicted molar refractivity (Wildman–Crippen MR) is 90.7 cm³/mol. The summed E-state index contributed by atoms with van der Waals surface area (Å²) in [5.41, 5.74) is 1.53. The number of piperidine rings is 1. The number of likely N-dealkylation sites (tertiary alicyclic amines) is 1. The molecule has 1 unspecified atom stereocenters. The quantitative estimate of drug-likeness (QED) is 0.923. The fraction of sp³-hybridized carbons (Fsp3) is 0.688. The molecule has 1 N–H and O–H groups in total. The summed E-state index contributed by atoms with van der Waals surface area (Å²) >= 11 is 0. The maximum absolute atomic E-state index is 12.8. The molecule has 1 aromatic heterocycles. The van der Waals surface area contributed by atoms with Crippen molar-refractivity contribution in [3.8, 4) is 0 Å². The highest BCUT2D eigenvalue weighted by atomic mass is 35.5. The van der Waals surface area contributed by atoms with E-state index in [0.29, 0.717) is 11.5 Å². The maximum atomic E-state index is 12.8. The van der Waals surface area contributed by atoms with E-state index < -0.39 is 0 Å². The number of amides is 1. The molecule has 6 heteroatoms. The second kappa shape index (κ2) is 8.44. The lowest BCUT2D eigenvalue weighted by atomic mass is 9.96. The van der Waals surface area contributed by atoms with E-state index in [1.54, 1.807) is 6.20 Å². The highest BCUT2D eigenvalue weighted by Crippen LogP contribution is 2.22. The van der Waals surface area contributed by atoms with E-state index in [4.69, 9.17) is 0 Å². The van der Waals surface area contributed by atoms with Gasteiger partial charge in [0.1, 0.15) is 5.82 Å². The van der Waals surface area contributed by atoms with E-state index in [1.807, 2.05) is 18.9 Å². The maximum Gasteiger partial charge on any atom is 0.257 e. The SMILES string of the molecule is CNCC1CCCN(C(=O)c2cnc(C)nc2C(C)C)C1.Cl. The van der Waals surface area contributed by atoms with Crippen LogP contribution in [0.4, 0.5) is 0 Å². The summed E-state index contributed by atoms with van der Waals surface area (Å²) in [6.07, 6.45) is 3.95. The molecule has 1 atom stereocenters. The molecule has 0 aromatic carbocycles. The largest absolute Gasteiger partial charge is 0.338 e. The molecule has 124 valence electrons. The van der Waals surface area contributed by atoms with Crippen LogP contribution in [-0.2, 0) is 0 Å². The second-order valence-corrected chi connectivity index (χ2v) is 6.19. The van der Waals surface area contributed by atoms with Crippen molar-refractivity contribution in [1.29, 1.82) is 0 Å². The average Bonchev–Trinajstić information content (AvgIpc) is 2.47. The number of rotatable bonds is 4. The predicted octanol–water partition coefficient (Wildman–Crippen LogP) is 2.40. The molecular formula is C16H27ClN4O. The summed E-state index contributed by atoms with van der Waals surface area (Å²) in [4.78, 5) is 23.5. The third-order valence-electron chi connectivity index (χ3n) is 4.01. The van der Waals surface area contributed by atoms with Crippen molar-refractivity contribution in [2.75, 3.05) is 26.7 Å². The van der Waals surface area contributed by atoms with E-state index in [1.165, 1.54) is 6.42 Å². The molecule has 1 fully saturated rings. The molecule has 0 bridgehead atoms. The van der Waals surface area contributed by atoms with Crippen LogP contribution in [0, 0.1) is 12.8 Å². The van der Waals surface area contributed by atoms with Crippen molar-refractivity contribution in [3.63, 3.8) is 0 Å². The van der Waals surface area contributed by atoms with Crippen molar-refractivity contribution in [2.24, 2.45) is 5.92 Å². The van der Waals surface area contributed by atoms with Gasteiger partial charge in [-0.2, -0.15) is 0 Å². The summed E-state index contributed by atoms with van der Waals surface area (Å²) < 4.78 is 0. The minimum Gasteiger partial charge on any atom is -0.338 e. The van der Waals surface area contributed by atoms with Gasteiger partial charge in [-0.1, -0.05) is 13.8 Å². The number of nitrogens with zero attached hydrogens (tertiary/aromatic N) is 3. The summed E-state index contributed by atoms with van der Waals surface area (Å²) in [6.45, 7) is 8.63. The molecule has 0 aliphatic carbocycles. The van der Waals surface area contributed by atoms with E-state index in [2.05, 4.69) is 29.1 Å². The summed E-state index contributed by atoms with van der Waals surface area (Å²) in [5, 5.41) is 3.21. The minimum atomic E-state index is 0. The Bertz CT molecular complexity index is 505. The van der Waals surface area contributed by atoms with Gasteiger partial charge >= 0.3 is 0 Å². The first-order valence-electron chi connectivity index (χ1n) is 7.80. The van der Waals surface area contributed by atoms with Crippen LogP contribution in [0.5, 0.6) is 0 Å².